The number of halogens is 1. The van der Waals surface area contributed by atoms with Crippen molar-refractivity contribution in [2.75, 3.05) is 21.3 Å². The smallest absolute Gasteiger partial charge is 0.262 e. The highest BCUT2D eigenvalue weighted by Gasteiger charge is 2.27. The first-order chi connectivity index (χ1) is 13.1. The molecule has 2 aromatic rings. The summed E-state index contributed by atoms with van der Waals surface area (Å²) in [6.45, 7) is 3.83. The van der Waals surface area contributed by atoms with Crippen LogP contribution in [0.4, 0.5) is 15.8 Å². The molecule has 3 rings (SSSR count). The number of rotatable bonds is 6. The van der Waals surface area contributed by atoms with E-state index in [1.54, 1.807) is 19.1 Å². The van der Waals surface area contributed by atoms with Crippen LogP contribution in [0.2, 0.25) is 0 Å². The highest BCUT2D eigenvalue weighted by Crippen LogP contribution is 2.32. The Kier molecular flexibility index (Phi) is 5.67. The number of nitrogens with zero attached hydrogens (tertiary/aromatic N) is 1. The molecule has 0 saturated heterocycles. The molecular formula is C19H23FN2O4S2. The zero-order chi connectivity index (χ0) is 20.5. The summed E-state index contributed by atoms with van der Waals surface area (Å²) in [5.41, 5.74) is 2.10. The second-order valence-electron chi connectivity index (χ2n) is 6.85. The van der Waals surface area contributed by atoms with Crippen molar-refractivity contribution in [3.63, 3.8) is 0 Å². The Morgan fingerprint density at radius 2 is 1.86 bits per heavy atom. The summed E-state index contributed by atoms with van der Waals surface area (Å²) in [7, 11) is -7.36. The van der Waals surface area contributed by atoms with Gasteiger partial charge in [-0.05, 0) is 67.6 Å². The van der Waals surface area contributed by atoms with Crippen molar-refractivity contribution in [1.82, 2.24) is 0 Å². The van der Waals surface area contributed by atoms with E-state index >= 15 is 0 Å². The zero-order valence-electron chi connectivity index (χ0n) is 15.8. The van der Waals surface area contributed by atoms with Gasteiger partial charge in [0.25, 0.3) is 10.0 Å². The van der Waals surface area contributed by atoms with Gasteiger partial charge >= 0.3 is 0 Å². The summed E-state index contributed by atoms with van der Waals surface area (Å²) >= 11 is 0. The maximum absolute atomic E-state index is 13.5. The summed E-state index contributed by atoms with van der Waals surface area (Å²) in [6.07, 6.45) is 1.84. The molecule has 0 atom stereocenters. The third-order valence-electron chi connectivity index (χ3n) is 4.65. The van der Waals surface area contributed by atoms with Crippen molar-refractivity contribution >= 4 is 31.4 Å². The quantitative estimate of drug-likeness (QED) is 0.767. The number of hydrogen-bond donors (Lipinski definition) is 1. The van der Waals surface area contributed by atoms with E-state index in [1.807, 2.05) is 6.92 Å². The third kappa shape index (κ3) is 4.15. The molecular weight excluding hydrogens is 403 g/mol. The number of fused-ring (bicyclic) bond motifs is 1. The van der Waals surface area contributed by atoms with E-state index in [2.05, 4.69) is 4.72 Å². The van der Waals surface area contributed by atoms with Crippen LogP contribution < -0.4 is 9.03 Å². The fraction of sp³-hybridized carbons (Fsp3) is 0.368. The third-order valence-corrected chi connectivity index (χ3v) is 8.14. The second-order valence-corrected chi connectivity index (χ2v) is 10.5. The minimum Gasteiger partial charge on any atom is -0.280 e. The number of anilines is 2. The largest absolute Gasteiger partial charge is 0.280 e. The molecule has 0 radical (unpaired) electrons. The second kappa shape index (κ2) is 7.71. The average Bonchev–Trinajstić information content (AvgIpc) is 2.62. The van der Waals surface area contributed by atoms with E-state index < -0.39 is 25.9 Å². The first kappa shape index (κ1) is 20.6. The molecule has 0 aliphatic carbocycles. The number of nitrogens with one attached hydrogen (secondary N) is 1. The Bertz CT molecular complexity index is 1100. The molecule has 152 valence electrons. The van der Waals surface area contributed by atoms with Gasteiger partial charge in [0, 0.05) is 12.2 Å². The van der Waals surface area contributed by atoms with Gasteiger partial charge in [0.2, 0.25) is 10.0 Å². The fourth-order valence-electron chi connectivity index (χ4n) is 3.36. The lowest BCUT2D eigenvalue weighted by Crippen LogP contribution is -2.37. The number of benzene rings is 2. The normalized spacial score (nSPS) is 14.6. The van der Waals surface area contributed by atoms with Crippen molar-refractivity contribution in [2.24, 2.45) is 0 Å². The van der Waals surface area contributed by atoms with E-state index in [4.69, 9.17) is 0 Å². The molecule has 0 bridgehead atoms. The monoisotopic (exact) mass is 426 g/mol. The van der Waals surface area contributed by atoms with Crippen LogP contribution in [0.3, 0.4) is 0 Å². The minimum atomic E-state index is -3.97. The van der Waals surface area contributed by atoms with E-state index in [-0.39, 0.29) is 10.6 Å². The lowest BCUT2D eigenvalue weighted by Gasteiger charge is -2.30. The zero-order valence-corrected chi connectivity index (χ0v) is 17.4. The van der Waals surface area contributed by atoms with E-state index in [0.717, 1.165) is 11.6 Å². The molecule has 0 amide bonds. The van der Waals surface area contributed by atoms with Crippen molar-refractivity contribution in [3.05, 3.63) is 53.3 Å². The van der Waals surface area contributed by atoms with Crippen LogP contribution in [0.15, 0.2) is 41.3 Å². The van der Waals surface area contributed by atoms with Crippen LogP contribution in [0, 0.1) is 12.7 Å². The van der Waals surface area contributed by atoms with Crippen LogP contribution in [0.1, 0.15) is 30.9 Å². The number of hydrogen-bond acceptors (Lipinski definition) is 4. The van der Waals surface area contributed by atoms with Crippen molar-refractivity contribution in [3.8, 4) is 0 Å². The first-order valence-electron chi connectivity index (χ1n) is 9.06. The molecule has 0 unspecified atom stereocenters. The number of aryl methyl sites for hydroxylation is 2. The van der Waals surface area contributed by atoms with Gasteiger partial charge < -0.3 is 0 Å². The lowest BCUT2D eigenvalue weighted by atomic mass is 10.0. The van der Waals surface area contributed by atoms with Gasteiger partial charge in [0.15, 0.2) is 0 Å². The summed E-state index contributed by atoms with van der Waals surface area (Å²) in [5.74, 6) is -0.562. The molecule has 1 N–H and O–H groups in total. The number of sulfonamides is 2. The summed E-state index contributed by atoms with van der Waals surface area (Å²) in [6, 6.07) is 8.40. The lowest BCUT2D eigenvalue weighted by molar-refractivity contribution is 0.585. The molecule has 9 heteroatoms. The Morgan fingerprint density at radius 3 is 2.57 bits per heavy atom. The average molecular weight is 427 g/mol. The molecule has 1 aliphatic heterocycles. The predicted octanol–water partition coefficient (Wildman–Crippen LogP) is 3.43. The summed E-state index contributed by atoms with van der Waals surface area (Å²) < 4.78 is 67.7. The standard InChI is InChI=1S/C19H23FN2O4S2/c1-3-11-27(23,24)22-10-4-5-15-12-17(8-9-18(15)22)21-28(25,26)19-13-16(20)7-6-14(19)2/h6-9,12-13,21H,3-5,10-11H2,1-2H3. The predicted molar refractivity (Wildman–Crippen MR) is 108 cm³/mol. The van der Waals surface area contributed by atoms with E-state index in [0.29, 0.717) is 42.7 Å². The maximum atomic E-state index is 13.5. The molecule has 0 fully saturated rings. The van der Waals surface area contributed by atoms with Gasteiger partial charge in [-0.25, -0.2) is 21.2 Å². The Balaban J connectivity index is 1.93. The fourth-order valence-corrected chi connectivity index (χ4v) is 6.28. The van der Waals surface area contributed by atoms with Crippen LogP contribution >= 0.6 is 0 Å². The Labute approximate surface area is 165 Å². The molecule has 0 aromatic heterocycles. The molecule has 0 spiro atoms. The molecule has 1 aliphatic rings. The van der Waals surface area contributed by atoms with Crippen LogP contribution in [-0.2, 0) is 26.5 Å². The van der Waals surface area contributed by atoms with Crippen LogP contribution in [0.5, 0.6) is 0 Å². The molecule has 1 heterocycles. The van der Waals surface area contributed by atoms with Crippen molar-refractivity contribution in [2.45, 2.75) is 38.0 Å². The summed E-state index contributed by atoms with van der Waals surface area (Å²) in [4.78, 5) is -0.127. The molecule has 0 saturated carbocycles. The molecule has 28 heavy (non-hydrogen) atoms. The topological polar surface area (TPSA) is 83.6 Å². The van der Waals surface area contributed by atoms with Gasteiger partial charge in [-0.3, -0.25) is 9.03 Å². The summed E-state index contributed by atoms with van der Waals surface area (Å²) in [5, 5.41) is 0. The minimum absolute atomic E-state index is 0.0691. The molecule has 2 aromatic carbocycles. The highest BCUT2D eigenvalue weighted by molar-refractivity contribution is 7.93. The Hall–Kier alpha value is -2.13. The highest BCUT2D eigenvalue weighted by atomic mass is 32.2. The SMILES string of the molecule is CCCS(=O)(=O)N1CCCc2cc(NS(=O)(=O)c3cc(F)ccc3C)ccc21. The van der Waals surface area contributed by atoms with Crippen molar-refractivity contribution in [1.29, 1.82) is 0 Å². The van der Waals surface area contributed by atoms with Gasteiger partial charge in [-0.2, -0.15) is 0 Å². The van der Waals surface area contributed by atoms with Gasteiger partial charge in [0.05, 0.1) is 16.3 Å². The van der Waals surface area contributed by atoms with Crippen LogP contribution in [0.25, 0.3) is 0 Å². The molecule has 6 nitrogen and oxygen atoms in total. The van der Waals surface area contributed by atoms with Crippen LogP contribution in [-0.4, -0.2) is 29.1 Å². The van der Waals surface area contributed by atoms with Gasteiger partial charge in [0.1, 0.15) is 5.82 Å². The Morgan fingerprint density at radius 1 is 1.11 bits per heavy atom. The van der Waals surface area contributed by atoms with Gasteiger partial charge in [-0.1, -0.05) is 13.0 Å². The van der Waals surface area contributed by atoms with Crippen molar-refractivity contribution < 1.29 is 21.2 Å². The maximum Gasteiger partial charge on any atom is 0.262 e. The first-order valence-corrected chi connectivity index (χ1v) is 12.2. The van der Waals surface area contributed by atoms with E-state index in [9.17, 15) is 21.2 Å². The van der Waals surface area contributed by atoms with Gasteiger partial charge in [-0.15, -0.1) is 0 Å². The van der Waals surface area contributed by atoms with E-state index in [1.165, 1.54) is 22.5 Å².